The minimum atomic E-state index is -0.192. The molecule has 0 aliphatic rings. The highest BCUT2D eigenvalue weighted by Crippen LogP contribution is 2.35. The molecule has 0 aliphatic heterocycles. The predicted octanol–water partition coefficient (Wildman–Crippen LogP) is 1.17. The quantitative estimate of drug-likeness (QED) is 0.802. The van der Waals surface area contributed by atoms with Crippen LogP contribution in [0.2, 0.25) is 0 Å². The first-order chi connectivity index (χ1) is 9.13. The standard InChI is InChI=1S/C12H17N5OS/c1-3-17-11(18)15-16-12(17)19-10(8(2)13)9-4-6-14-7-5-9/h4-8,10H,3,13H2,1-2H3,(H,15,18). The molecule has 0 spiro atoms. The highest BCUT2D eigenvalue weighted by atomic mass is 32.2. The molecule has 2 atom stereocenters. The lowest BCUT2D eigenvalue weighted by molar-refractivity contribution is 0.652. The first-order valence-electron chi connectivity index (χ1n) is 6.10. The predicted molar refractivity (Wildman–Crippen MR) is 75.0 cm³/mol. The van der Waals surface area contributed by atoms with Crippen LogP contribution in [0.25, 0.3) is 0 Å². The van der Waals surface area contributed by atoms with E-state index >= 15 is 0 Å². The maximum Gasteiger partial charge on any atom is 0.343 e. The molecule has 6 nitrogen and oxygen atoms in total. The number of H-pyrrole nitrogens is 1. The summed E-state index contributed by atoms with van der Waals surface area (Å²) in [6.45, 7) is 4.44. The van der Waals surface area contributed by atoms with E-state index in [1.165, 1.54) is 11.8 Å². The molecule has 2 heterocycles. The number of thioether (sulfide) groups is 1. The Morgan fingerprint density at radius 3 is 2.74 bits per heavy atom. The zero-order chi connectivity index (χ0) is 13.8. The minimum absolute atomic E-state index is 0.0310. The van der Waals surface area contributed by atoms with E-state index in [0.29, 0.717) is 11.7 Å². The molecule has 0 aliphatic carbocycles. The van der Waals surface area contributed by atoms with Gasteiger partial charge in [-0.2, -0.15) is 0 Å². The van der Waals surface area contributed by atoms with Gasteiger partial charge in [-0.1, -0.05) is 11.8 Å². The number of hydrogen-bond donors (Lipinski definition) is 2. The number of aromatic nitrogens is 4. The van der Waals surface area contributed by atoms with Crippen molar-refractivity contribution in [3.63, 3.8) is 0 Å². The Labute approximate surface area is 115 Å². The fourth-order valence-corrected chi connectivity index (χ4v) is 2.99. The maximum atomic E-state index is 11.5. The summed E-state index contributed by atoms with van der Waals surface area (Å²) in [4.78, 5) is 15.6. The molecule has 2 aromatic heterocycles. The summed E-state index contributed by atoms with van der Waals surface area (Å²) in [5.74, 6) is 0. The Morgan fingerprint density at radius 2 is 2.16 bits per heavy atom. The van der Waals surface area contributed by atoms with Crippen LogP contribution < -0.4 is 11.4 Å². The van der Waals surface area contributed by atoms with Gasteiger partial charge >= 0.3 is 5.69 Å². The van der Waals surface area contributed by atoms with Crippen molar-refractivity contribution in [2.75, 3.05) is 0 Å². The maximum absolute atomic E-state index is 11.5. The summed E-state index contributed by atoms with van der Waals surface area (Å²) in [6.07, 6.45) is 3.48. The van der Waals surface area contributed by atoms with Crippen LogP contribution in [0, 0.1) is 0 Å². The molecule has 0 saturated carbocycles. The van der Waals surface area contributed by atoms with Crippen molar-refractivity contribution in [1.82, 2.24) is 19.7 Å². The average molecular weight is 279 g/mol. The van der Waals surface area contributed by atoms with Crippen molar-refractivity contribution in [2.24, 2.45) is 5.73 Å². The smallest absolute Gasteiger partial charge is 0.327 e. The summed E-state index contributed by atoms with van der Waals surface area (Å²) in [6, 6.07) is 3.80. The molecule has 102 valence electrons. The Morgan fingerprint density at radius 1 is 1.47 bits per heavy atom. The van der Waals surface area contributed by atoms with E-state index in [0.717, 1.165) is 5.56 Å². The van der Waals surface area contributed by atoms with Crippen molar-refractivity contribution in [3.05, 3.63) is 40.6 Å². The number of aromatic amines is 1. The zero-order valence-electron chi connectivity index (χ0n) is 10.9. The molecule has 0 saturated heterocycles. The molecule has 0 amide bonds. The van der Waals surface area contributed by atoms with Crippen LogP contribution in [0.15, 0.2) is 34.5 Å². The first-order valence-corrected chi connectivity index (χ1v) is 6.98. The molecular weight excluding hydrogens is 262 g/mol. The minimum Gasteiger partial charge on any atom is -0.327 e. The van der Waals surface area contributed by atoms with E-state index in [1.54, 1.807) is 17.0 Å². The molecule has 0 fully saturated rings. The van der Waals surface area contributed by atoms with Crippen molar-refractivity contribution < 1.29 is 0 Å². The fourth-order valence-electron chi connectivity index (χ4n) is 1.82. The zero-order valence-corrected chi connectivity index (χ0v) is 11.7. The molecule has 2 unspecified atom stereocenters. The van der Waals surface area contributed by atoms with Crippen LogP contribution in [0.1, 0.15) is 24.7 Å². The van der Waals surface area contributed by atoms with Crippen LogP contribution in [0.3, 0.4) is 0 Å². The monoisotopic (exact) mass is 279 g/mol. The van der Waals surface area contributed by atoms with Gasteiger partial charge in [0.1, 0.15) is 0 Å². The van der Waals surface area contributed by atoms with Gasteiger partial charge in [0.05, 0.1) is 5.25 Å². The van der Waals surface area contributed by atoms with Gasteiger partial charge in [0.25, 0.3) is 0 Å². The molecule has 2 aromatic rings. The van der Waals surface area contributed by atoms with Crippen molar-refractivity contribution >= 4 is 11.8 Å². The third-order valence-electron chi connectivity index (χ3n) is 2.78. The summed E-state index contributed by atoms with van der Waals surface area (Å²) in [5, 5.41) is 7.21. The van der Waals surface area contributed by atoms with Gasteiger partial charge in [0, 0.05) is 25.0 Å². The lowest BCUT2D eigenvalue weighted by Gasteiger charge is -2.19. The molecule has 3 N–H and O–H groups in total. The summed E-state index contributed by atoms with van der Waals surface area (Å²) >= 11 is 1.49. The normalized spacial score (nSPS) is 14.3. The summed E-state index contributed by atoms with van der Waals surface area (Å²) < 4.78 is 1.60. The van der Waals surface area contributed by atoms with Crippen molar-refractivity contribution in [3.8, 4) is 0 Å². The third kappa shape index (κ3) is 3.05. The van der Waals surface area contributed by atoms with E-state index in [1.807, 2.05) is 26.0 Å². The number of pyridine rings is 1. The van der Waals surface area contributed by atoms with E-state index in [-0.39, 0.29) is 17.0 Å². The molecule has 0 bridgehead atoms. The first kappa shape index (κ1) is 13.8. The van der Waals surface area contributed by atoms with Gasteiger partial charge in [0.2, 0.25) is 0 Å². The van der Waals surface area contributed by atoms with E-state index in [9.17, 15) is 4.79 Å². The van der Waals surface area contributed by atoms with Gasteiger partial charge < -0.3 is 5.73 Å². The Bertz CT molecular complexity index is 577. The average Bonchev–Trinajstić information content (AvgIpc) is 2.77. The van der Waals surface area contributed by atoms with Gasteiger partial charge in [-0.15, -0.1) is 5.10 Å². The molecular formula is C12H17N5OS. The third-order valence-corrected chi connectivity index (χ3v) is 4.26. The highest BCUT2D eigenvalue weighted by Gasteiger charge is 2.21. The van der Waals surface area contributed by atoms with Gasteiger partial charge in [-0.25, -0.2) is 9.89 Å². The number of nitrogens with one attached hydrogen (secondary N) is 1. The molecule has 0 aromatic carbocycles. The van der Waals surface area contributed by atoms with Gasteiger partial charge in [-0.3, -0.25) is 9.55 Å². The lowest BCUT2D eigenvalue weighted by Crippen LogP contribution is -2.23. The second-order valence-corrected chi connectivity index (χ2v) is 5.34. The number of rotatable bonds is 5. The largest absolute Gasteiger partial charge is 0.343 e. The van der Waals surface area contributed by atoms with Gasteiger partial charge in [0.15, 0.2) is 5.16 Å². The van der Waals surface area contributed by atoms with Crippen LogP contribution in [-0.2, 0) is 6.54 Å². The second-order valence-electron chi connectivity index (χ2n) is 4.23. The van der Waals surface area contributed by atoms with E-state index in [2.05, 4.69) is 15.2 Å². The number of hydrogen-bond acceptors (Lipinski definition) is 5. The Balaban J connectivity index is 2.29. The van der Waals surface area contributed by atoms with Crippen LogP contribution >= 0.6 is 11.8 Å². The molecule has 7 heteroatoms. The van der Waals surface area contributed by atoms with Gasteiger partial charge in [-0.05, 0) is 31.5 Å². The van der Waals surface area contributed by atoms with Crippen LogP contribution in [-0.4, -0.2) is 25.8 Å². The highest BCUT2D eigenvalue weighted by molar-refractivity contribution is 7.99. The van der Waals surface area contributed by atoms with Crippen molar-refractivity contribution in [1.29, 1.82) is 0 Å². The van der Waals surface area contributed by atoms with Crippen molar-refractivity contribution in [2.45, 2.75) is 36.8 Å². The molecule has 2 rings (SSSR count). The second kappa shape index (κ2) is 6.03. The van der Waals surface area contributed by atoms with Crippen LogP contribution in [0.5, 0.6) is 0 Å². The van der Waals surface area contributed by atoms with Crippen LogP contribution in [0.4, 0.5) is 0 Å². The Kier molecular flexibility index (Phi) is 4.39. The van der Waals surface area contributed by atoms with E-state index < -0.39 is 0 Å². The topological polar surface area (TPSA) is 89.6 Å². The molecule has 19 heavy (non-hydrogen) atoms. The Hall–Kier alpha value is -1.60. The summed E-state index contributed by atoms with van der Waals surface area (Å²) in [7, 11) is 0. The lowest BCUT2D eigenvalue weighted by atomic mass is 10.1. The molecule has 0 radical (unpaired) electrons. The number of nitrogens with zero attached hydrogens (tertiary/aromatic N) is 3. The number of nitrogens with two attached hydrogens (primary N) is 1. The fraction of sp³-hybridized carbons (Fsp3) is 0.417. The SMILES string of the molecule is CCn1c(SC(c2ccncc2)C(C)N)n[nH]c1=O. The van der Waals surface area contributed by atoms with E-state index in [4.69, 9.17) is 5.73 Å². The summed E-state index contributed by atoms with van der Waals surface area (Å²) in [5.41, 5.74) is 6.93.